The second-order valence-corrected chi connectivity index (χ2v) is 6.13. The lowest BCUT2D eigenvalue weighted by Crippen LogP contribution is -1.92. The first kappa shape index (κ1) is 12.9. The third kappa shape index (κ3) is 3.00. The number of aromatic nitrogens is 1. The molecule has 2 N–H and O–H groups in total. The highest BCUT2D eigenvalue weighted by atomic mass is 79.9. The van der Waals surface area contributed by atoms with Gasteiger partial charge in [0, 0.05) is 20.8 Å². The zero-order valence-corrected chi connectivity index (χ0v) is 12.5. The third-order valence-electron chi connectivity index (χ3n) is 2.50. The summed E-state index contributed by atoms with van der Waals surface area (Å²) in [5, 5.41) is 1.40. The number of anilines is 1. The standard InChI is InChI=1S/C12H12BrClN2S/c1-2-10-11(17-12(15)16-10)5-7-3-4-8(13)6-9(7)14/h3-4,6H,2,5H2,1H3,(H2,15,16). The smallest absolute Gasteiger partial charge is 0.180 e. The van der Waals surface area contributed by atoms with E-state index in [1.165, 1.54) is 4.88 Å². The number of hydrogen-bond acceptors (Lipinski definition) is 3. The van der Waals surface area contributed by atoms with Crippen molar-refractivity contribution in [1.82, 2.24) is 4.98 Å². The number of benzene rings is 1. The average molecular weight is 332 g/mol. The molecule has 0 fully saturated rings. The molecule has 0 aliphatic rings. The number of halogens is 2. The topological polar surface area (TPSA) is 38.9 Å². The van der Waals surface area contributed by atoms with E-state index < -0.39 is 0 Å². The van der Waals surface area contributed by atoms with Gasteiger partial charge in [0.05, 0.1) is 5.69 Å². The van der Waals surface area contributed by atoms with Crippen LogP contribution in [-0.4, -0.2) is 4.98 Å². The minimum Gasteiger partial charge on any atom is -0.375 e. The molecule has 0 atom stereocenters. The molecule has 0 aliphatic carbocycles. The van der Waals surface area contributed by atoms with Crippen LogP contribution in [0.2, 0.25) is 5.02 Å². The SMILES string of the molecule is CCc1nc(N)sc1Cc1ccc(Br)cc1Cl. The van der Waals surface area contributed by atoms with Crippen LogP contribution in [0, 0.1) is 0 Å². The predicted octanol–water partition coefficient (Wildman–Crippen LogP) is 4.29. The molecular weight excluding hydrogens is 320 g/mol. The van der Waals surface area contributed by atoms with Crippen molar-refractivity contribution < 1.29 is 0 Å². The molecule has 5 heteroatoms. The van der Waals surface area contributed by atoms with Crippen LogP contribution < -0.4 is 5.73 Å². The summed E-state index contributed by atoms with van der Waals surface area (Å²) < 4.78 is 0.991. The Morgan fingerprint density at radius 2 is 2.24 bits per heavy atom. The fourth-order valence-corrected chi connectivity index (χ4v) is 3.34. The Balaban J connectivity index is 2.30. The zero-order chi connectivity index (χ0) is 12.4. The summed E-state index contributed by atoms with van der Waals surface area (Å²) in [6, 6.07) is 5.94. The summed E-state index contributed by atoms with van der Waals surface area (Å²) in [6.45, 7) is 2.08. The molecule has 0 unspecified atom stereocenters. The third-order valence-corrected chi connectivity index (χ3v) is 4.27. The van der Waals surface area contributed by atoms with E-state index >= 15 is 0 Å². The minimum absolute atomic E-state index is 0.630. The molecule has 1 aromatic carbocycles. The van der Waals surface area contributed by atoms with Gasteiger partial charge >= 0.3 is 0 Å². The second-order valence-electron chi connectivity index (χ2n) is 3.69. The Bertz CT molecular complexity index is 539. The summed E-state index contributed by atoms with van der Waals surface area (Å²) in [7, 11) is 0. The van der Waals surface area contributed by atoms with Crippen molar-refractivity contribution in [2.45, 2.75) is 19.8 Å². The lowest BCUT2D eigenvalue weighted by molar-refractivity contribution is 1.02. The molecule has 0 radical (unpaired) electrons. The number of nitrogens with zero attached hydrogens (tertiary/aromatic N) is 1. The van der Waals surface area contributed by atoms with Crippen molar-refractivity contribution in [3.63, 3.8) is 0 Å². The molecule has 1 aromatic heterocycles. The van der Waals surface area contributed by atoms with Gasteiger partial charge in [0.2, 0.25) is 0 Å². The largest absolute Gasteiger partial charge is 0.375 e. The molecule has 0 saturated carbocycles. The highest BCUT2D eigenvalue weighted by molar-refractivity contribution is 9.10. The predicted molar refractivity (Wildman–Crippen MR) is 77.9 cm³/mol. The van der Waals surface area contributed by atoms with Crippen LogP contribution in [0.15, 0.2) is 22.7 Å². The summed E-state index contributed by atoms with van der Waals surface area (Å²) in [5.41, 5.74) is 7.92. The van der Waals surface area contributed by atoms with Crippen LogP contribution in [0.1, 0.15) is 23.1 Å². The molecule has 2 rings (SSSR count). The molecule has 0 amide bonds. The summed E-state index contributed by atoms with van der Waals surface area (Å²) >= 11 is 11.1. The van der Waals surface area contributed by atoms with E-state index in [1.54, 1.807) is 11.3 Å². The lowest BCUT2D eigenvalue weighted by atomic mass is 10.1. The molecule has 0 spiro atoms. The molecule has 0 aliphatic heterocycles. The molecule has 2 aromatic rings. The van der Waals surface area contributed by atoms with Gasteiger partial charge < -0.3 is 5.73 Å². The van der Waals surface area contributed by atoms with Gasteiger partial charge in [0.15, 0.2) is 5.13 Å². The maximum absolute atomic E-state index is 6.20. The maximum Gasteiger partial charge on any atom is 0.180 e. The van der Waals surface area contributed by atoms with E-state index in [0.717, 1.165) is 33.6 Å². The fourth-order valence-electron chi connectivity index (χ4n) is 1.66. The Hall–Kier alpha value is -0.580. The maximum atomic E-state index is 6.20. The number of aryl methyl sites for hydroxylation is 1. The Morgan fingerprint density at radius 1 is 1.47 bits per heavy atom. The molecule has 90 valence electrons. The highest BCUT2D eigenvalue weighted by Gasteiger charge is 2.10. The zero-order valence-electron chi connectivity index (χ0n) is 9.34. The molecule has 0 saturated heterocycles. The van der Waals surface area contributed by atoms with Gasteiger partial charge in [-0.05, 0) is 24.1 Å². The molecule has 1 heterocycles. The highest BCUT2D eigenvalue weighted by Crippen LogP contribution is 2.28. The number of nitrogen functional groups attached to an aromatic ring is 1. The molecular formula is C12H12BrClN2S. The van der Waals surface area contributed by atoms with Crippen molar-refractivity contribution in [3.05, 3.63) is 43.8 Å². The van der Waals surface area contributed by atoms with Gasteiger partial charge in [-0.25, -0.2) is 4.98 Å². The molecule has 2 nitrogen and oxygen atoms in total. The number of thiazole rings is 1. The van der Waals surface area contributed by atoms with E-state index in [9.17, 15) is 0 Å². The van der Waals surface area contributed by atoms with E-state index in [2.05, 4.69) is 27.8 Å². The van der Waals surface area contributed by atoms with Crippen LogP contribution in [0.5, 0.6) is 0 Å². The quantitative estimate of drug-likeness (QED) is 0.911. The van der Waals surface area contributed by atoms with Crippen LogP contribution in [0.25, 0.3) is 0 Å². The second kappa shape index (κ2) is 5.38. The minimum atomic E-state index is 0.630. The van der Waals surface area contributed by atoms with Crippen LogP contribution in [0.4, 0.5) is 5.13 Å². The first-order valence-corrected chi connectivity index (χ1v) is 7.27. The molecule has 0 bridgehead atoms. The van der Waals surface area contributed by atoms with Crippen molar-refractivity contribution in [2.75, 3.05) is 5.73 Å². The number of hydrogen-bond donors (Lipinski definition) is 1. The van der Waals surface area contributed by atoms with Gasteiger partial charge in [-0.1, -0.05) is 40.5 Å². The number of nitrogens with two attached hydrogens (primary N) is 1. The summed E-state index contributed by atoms with van der Waals surface area (Å²) in [5.74, 6) is 0. The number of rotatable bonds is 3. The Labute approximate surface area is 118 Å². The van der Waals surface area contributed by atoms with Crippen LogP contribution in [-0.2, 0) is 12.8 Å². The van der Waals surface area contributed by atoms with E-state index in [-0.39, 0.29) is 0 Å². The van der Waals surface area contributed by atoms with Crippen LogP contribution in [0.3, 0.4) is 0 Å². The van der Waals surface area contributed by atoms with E-state index in [1.807, 2.05) is 18.2 Å². The summed E-state index contributed by atoms with van der Waals surface area (Å²) in [6.07, 6.45) is 1.70. The van der Waals surface area contributed by atoms with Crippen molar-refractivity contribution >= 4 is 44.0 Å². The van der Waals surface area contributed by atoms with Crippen molar-refractivity contribution in [1.29, 1.82) is 0 Å². The Kier molecular flexibility index (Phi) is 4.07. The van der Waals surface area contributed by atoms with Crippen LogP contribution >= 0.6 is 38.9 Å². The molecule has 17 heavy (non-hydrogen) atoms. The van der Waals surface area contributed by atoms with Gasteiger partial charge in [-0.2, -0.15) is 0 Å². The lowest BCUT2D eigenvalue weighted by Gasteiger charge is -2.04. The first-order chi connectivity index (χ1) is 8.10. The average Bonchev–Trinajstić information content (AvgIpc) is 2.63. The van der Waals surface area contributed by atoms with E-state index in [0.29, 0.717) is 5.13 Å². The van der Waals surface area contributed by atoms with Crippen molar-refractivity contribution in [3.8, 4) is 0 Å². The first-order valence-electron chi connectivity index (χ1n) is 5.28. The van der Waals surface area contributed by atoms with Gasteiger partial charge in [-0.3, -0.25) is 0 Å². The van der Waals surface area contributed by atoms with Gasteiger partial charge in [0.1, 0.15) is 0 Å². The Morgan fingerprint density at radius 3 is 2.88 bits per heavy atom. The monoisotopic (exact) mass is 330 g/mol. The van der Waals surface area contributed by atoms with Crippen molar-refractivity contribution in [2.24, 2.45) is 0 Å². The fraction of sp³-hybridized carbons (Fsp3) is 0.250. The normalized spacial score (nSPS) is 10.8. The summed E-state index contributed by atoms with van der Waals surface area (Å²) in [4.78, 5) is 5.52. The van der Waals surface area contributed by atoms with Gasteiger partial charge in [-0.15, -0.1) is 11.3 Å². The van der Waals surface area contributed by atoms with Gasteiger partial charge in [0.25, 0.3) is 0 Å². The van der Waals surface area contributed by atoms with E-state index in [4.69, 9.17) is 17.3 Å².